The number of nitrogens with zero attached hydrogens (tertiary/aromatic N) is 1. The van der Waals surface area contributed by atoms with E-state index in [0.717, 1.165) is 32.2 Å². The van der Waals surface area contributed by atoms with Crippen LogP contribution in [0.4, 0.5) is 0 Å². The Morgan fingerprint density at radius 1 is 1.29 bits per heavy atom. The minimum atomic E-state index is -0.252. The van der Waals surface area contributed by atoms with E-state index in [1.165, 1.54) is 12.8 Å². The second-order valence-corrected chi connectivity index (χ2v) is 6.35. The van der Waals surface area contributed by atoms with Crippen LogP contribution in [0.25, 0.3) is 0 Å². The maximum atomic E-state index is 9.91. The van der Waals surface area contributed by atoms with Gasteiger partial charge in [0.15, 0.2) is 0 Å². The Balaban J connectivity index is 1.72. The van der Waals surface area contributed by atoms with Crippen molar-refractivity contribution in [3.8, 4) is 0 Å². The lowest BCUT2D eigenvalue weighted by Gasteiger charge is -2.28. The first-order valence-corrected chi connectivity index (χ1v) is 7.51. The standard InChI is InChI=1S/C12H22BrN3O/c13-10-5-4-9(11(17)7-10)8-15-16-12-3-1-2-6-14-12/h8-12,14,16-17H,1-7H2/b15-8+. The number of rotatable bonds is 3. The Morgan fingerprint density at radius 3 is 2.88 bits per heavy atom. The van der Waals surface area contributed by atoms with E-state index in [9.17, 15) is 5.11 Å². The number of halogens is 1. The van der Waals surface area contributed by atoms with Gasteiger partial charge in [-0.1, -0.05) is 15.9 Å². The van der Waals surface area contributed by atoms with Gasteiger partial charge in [-0.05, 0) is 45.1 Å². The van der Waals surface area contributed by atoms with Crippen molar-refractivity contribution in [2.75, 3.05) is 6.54 Å². The Labute approximate surface area is 111 Å². The van der Waals surface area contributed by atoms with Gasteiger partial charge in [0, 0.05) is 17.0 Å². The minimum absolute atomic E-state index is 0.208. The SMILES string of the molecule is OC1CC(Br)CCC1/C=N/NC1CCCCN1. The maximum Gasteiger partial charge on any atom is 0.0933 e. The van der Waals surface area contributed by atoms with Crippen LogP contribution < -0.4 is 10.7 Å². The van der Waals surface area contributed by atoms with Gasteiger partial charge >= 0.3 is 0 Å². The molecule has 0 spiro atoms. The van der Waals surface area contributed by atoms with E-state index in [1.54, 1.807) is 0 Å². The van der Waals surface area contributed by atoms with E-state index in [2.05, 4.69) is 31.8 Å². The summed E-state index contributed by atoms with van der Waals surface area (Å²) in [5.41, 5.74) is 3.14. The molecule has 2 rings (SSSR count). The van der Waals surface area contributed by atoms with Gasteiger partial charge in [0.1, 0.15) is 0 Å². The predicted molar refractivity (Wildman–Crippen MR) is 73.3 cm³/mol. The first-order valence-electron chi connectivity index (χ1n) is 6.60. The van der Waals surface area contributed by atoms with Gasteiger partial charge in [-0.3, -0.25) is 10.7 Å². The van der Waals surface area contributed by atoms with Crippen LogP contribution in [-0.2, 0) is 0 Å². The van der Waals surface area contributed by atoms with E-state index < -0.39 is 0 Å². The summed E-state index contributed by atoms with van der Waals surface area (Å²) in [6.45, 7) is 1.07. The fourth-order valence-electron chi connectivity index (χ4n) is 2.48. The monoisotopic (exact) mass is 303 g/mol. The normalized spacial score (nSPS) is 39.4. The van der Waals surface area contributed by atoms with Crippen molar-refractivity contribution < 1.29 is 5.11 Å². The van der Waals surface area contributed by atoms with Gasteiger partial charge in [-0.2, -0.15) is 5.10 Å². The second-order valence-electron chi connectivity index (χ2n) is 5.05. The molecule has 2 fully saturated rings. The van der Waals surface area contributed by atoms with Gasteiger partial charge in [0.05, 0.1) is 12.3 Å². The molecule has 4 unspecified atom stereocenters. The number of hydrogen-bond donors (Lipinski definition) is 3. The van der Waals surface area contributed by atoms with Crippen molar-refractivity contribution in [3.63, 3.8) is 0 Å². The number of hydrazone groups is 1. The molecule has 98 valence electrons. The third-order valence-corrected chi connectivity index (χ3v) is 4.44. The zero-order valence-electron chi connectivity index (χ0n) is 10.1. The lowest BCUT2D eigenvalue weighted by atomic mass is 9.87. The highest BCUT2D eigenvalue weighted by atomic mass is 79.9. The zero-order valence-corrected chi connectivity index (χ0v) is 11.7. The topological polar surface area (TPSA) is 56.7 Å². The third-order valence-electron chi connectivity index (χ3n) is 3.61. The van der Waals surface area contributed by atoms with Crippen molar-refractivity contribution in [2.24, 2.45) is 11.0 Å². The summed E-state index contributed by atoms with van der Waals surface area (Å²) in [7, 11) is 0. The molecule has 0 aromatic rings. The zero-order chi connectivity index (χ0) is 12.1. The van der Waals surface area contributed by atoms with Crippen LogP contribution >= 0.6 is 15.9 Å². The van der Waals surface area contributed by atoms with Crippen molar-refractivity contribution in [1.82, 2.24) is 10.7 Å². The van der Waals surface area contributed by atoms with Crippen LogP contribution in [0.5, 0.6) is 0 Å². The van der Waals surface area contributed by atoms with E-state index in [0.29, 0.717) is 11.0 Å². The molecule has 0 aromatic heterocycles. The Hall–Kier alpha value is -0.130. The molecular weight excluding hydrogens is 282 g/mol. The number of aliphatic hydroxyl groups is 1. The van der Waals surface area contributed by atoms with E-state index >= 15 is 0 Å². The second kappa shape index (κ2) is 6.71. The van der Waals surface area contributed by atoms with Gasteiger partial charge < -0.3 is 5.11 Å². The molecule has 4 nitrogen and oxygen atoms in total. The van der Waals surface area contributed by atoms with Gasteiger partial charge in [0.25, 0.3) is 0 Å². The summed E-state index contributed by atoms with van der Waals surface area (Å²) in [6, 6.07) is 0. The highest BCUT2D eigenvalue weighted by Gasteiger charge is 2.26. The average molecular weight is 304 g/mol. The van der Waals surface area contributed by atoms with Crippen LogP contribution in [0.1, 0.15) is 38.5 Å². The molecule has 5 heteroatoms. The van der Waals surface area contributed by atoms with Crippen molar-refractivity contribution >= 4 is 22.1 Å². The lowest BCUT2D eigenvalue weighted by Crippen LogP contribution is -2.43. The van der Waals surface area contributed by atoms with E-state index in [-0.39, 0.29) is 12.0 Å². The first kappa shape index (κ1) is 13.3. The molecule has 0 bridgehead atoms. The molecule has 3 N–H and O–H groups in total. The van der Waals surface area contributed by atoms with Crippen LogP contribution in [0.3, 0.4) is 0 Å². The van der Waals surface area contributed by atoms with Crippen LogP contribution in [-0.4, -0.2) is 35.0 Å². The highest BCUT2D eigenvalue weighted by Crippen LogP contribution is 2.27. The summed E-state index contributed by atoms with van der Waals surface area (Å²) in [6.07, 6.45) is 8.57. The highest BCUT2D eigenvalue weighted by molar-refractivity contribution is 9.09. The van der Waals surface area contributed by atoms with Crippen LogP contribution in [0.2, 0.25) is 0 Å². The van der Waals surface area contributed by atoms with Gasteiger partial charge in [-0.15, -0.1) is 0 Å². The number of piperidine rings is 1. The largest absolute Gasteiger partial charge is 0.392 e. The van der Waals surface area contributed by atoms with Crippen molar-refractivity contribution in [1.29, 1.82) is 0 Å². The summed E-state index contributed by atoms with van der Waals surface area (Å²) in [5, 5.41) is 17.6. The van der Waals surface area contributed by atoms with Crippen molar-refractivity contribution in [2.45, 2.75) is 55.6 Å². The summed E-state index contributed by atoms with van der Waals surface area (Å²) >= 11 is 3.56. The van der Waals surface area contributed by atoms with Gasteiger partial charge in [-0.25, -0.2) is 0 Å². The first-order chi connectivity index (χ1) is 8.25. The fraction of sp³-hybridized carbons (Fsp3) is 0.917. The molecule has 0 amide bonds. The molecule has 0 radical (unpaired) electrons. The molecule has 1 aliphatic heterocycles. The average Bonchev–Trinajstić information content (AvgIpc) is 2.33. The summed E-state index contributed by atoms with van der Waals surface area (Å²) in [4.78, 5) is 0.468. The summed E-state index contributed by atoms with van der Waals surface area (Å²) < 4.78 is 0. The minimum Gasteiger partial charge on any atom is -0.392 e. The number of aliphatic hydroxyl groups excluding tert-OH is 1. The Kier molecular flexibility index (Phi) is 5.25. The molecule has 17 heavy (non-hydrogen) atoms. The van der Waals surface area contributed by atoms with E-state index in [4.69, 9.17) is 0 Å². The quantitative estimate of drug-likeness (QED) is 0.421. The molecule has 1 saturated carbocycles. The lowest BCUT2D eigenvalue weighted by molar-refractivity contribution is 0.107. The maximum absolute atomic E-state index is 9.91. The molecule has 2 aliphatic rings. The fourth-order valence-corrected chi connectivity index (χ4v) is 3.13. The number of alkyl halides is 1. The smallest absolute Gasteiger partial charge is 0.0933 e. The summed E-state index contributed by atoms with van der Waals surface area (Å²) in [5.74, 6) is 0.208. The van der Waals surface area contributed by atoms with Crippen LogP contribution in [0.15, 0.2) is 5.10 Å². The van der Waals surface area contributed by atoms with Gasteiger partial charge in [0.2, 0.25) is 0 Å². The molecular formula is C12H22BrN3O. The Morgan fingerprint density at radius 2 is 2.18 bits per heavy atom. The molecule has 1 saturated heterocycles. The number of nitrogens with one attached hydrogen (secondary N) is 2. The number of hydrogen-bond acceptors (Lipinski definition) is 4. The molecule has 1 aliphatic carbocycles. The molecule has 0 aromatic carbocycles. The third kappa shape index (κ3) is 4.23. The van der Waals surface area contributed by atoms with E-state index in [1.807, 2.05) is 6.21 Å². The Bertz CT molecular complexity index is 256. The van der Waals surface area contributed by atoms with Crippen molar-refractivity contribution in [3.05, 3.63) is 0 Å². The molecule has 4 atom stereocenters. The van der Waals surface area contributed by atoms with Crippen LogP contribution in [0, 0.1) is 5.92 Å². The molecule has 1 heterocycles. The predicted octanol–water partition coefficient (Wildman–Crippen LogP) is 1.59.